The maximum absolute atomic E-state index is 10.9. The number of hydrogen-bond acceptors (Lipinski definition) is 1. The molecule has 120 valence electrons. The highest BCUT2D eigenvalue weighted by atomic mass is 16.3. The average Bonchev–Trinajstić information content (AvgIpc) is 2.37. The van der Waals surface area contributed by atoms with Crippen molar-refractivity contribution >= 4 is 0 Å². The van der Waals surface area contributed by atoms with Crippen LogP contribution in [0.5, 0.6) is 0 Å². The molecule has 2 saturated carbocycles. The van der Waals surface area contributed by atoms with Gasteiger partial charge in [0.2, 0.25) is 0 Å². The molecule has 2 fully saturated rings. The summed E-state index contributed by atoms with van der Waals surface area (Å²) in [6.45, 7) is 11.9. The van der Waals surface area contributed by atoms with E-state index in [0.29, 0.717) is 16.7 Å². The third-order valence-corrected chi connectivity index (χ3v) is 7.51. The number of rotatable bonds is 1. The third-order valence-electron chi connectivity index (χ3n) is 7.51. The predicted molar refractivity (Wildman–Crippen MR) is 89.1 cm³/mol. The molecule has 0 aliphatic heterocycles. The van der Waals surface area contributed by atoms with Crippen LogP contribution in [0.3, 0.4) is 0 Å². The topological polar surface area (TPSA) is 20.2 Å². The second-order valence-electron chi connectivity index (χ2n) is 9.40. The SMILES string of the molecule is CC(C)C1(O)C=C2CC[C@H]3C(C)(C)CCC[C@]3(C)C2CC1. The van der Waals surface area contributed by atoms with Crippen molar-refractivity contribution in [3.05, 3.63) is 11.6 Å². The normalized spacial score (nSPS) is 45.8. The summed E-state index contributed by atoms with van der Waals surface area (Å²) in [6.07, 6.45) is 11.2. The Morgan fingerprint density at radius 2 is 1.81 bits per heavy atom. The molecule has 0 amide bonds. The Morgan fingerprint density at radius 1 is 1.10 bits per heavy atom. The Hall–Kier alpha value is -0.300. The molecule has 1 nitrogen and oxygen atoms in total. The molecule has 0 bridgehead atoms. The average molecular weight is 290 g/mol. The van der Waals surface area contributed by atoms with Crippen molar-refractivity contribution in [2.45, 2.75) is 85.2 Å². The van der Waals surface area contributed by atoms with Gasteiger partial charge in [0.15, 0.2) is 0 Å². The van der Waals surface area contributed by atoms with Gasteiger partial charge >= 0.3 is 0 Å². The van der Waals surface area contributed by atoms with E-state index in [1.807, 2.05) is 0 Å². The van der Waals surface area contributed by atoms with Gasteiger partial charge in [-0.2, -0.15) is 0 Å². The minimum atomic E-state index is -0.542. The van der Waals surface area contributed by atoms with Crippen molar-refractivity contribution in [3.8, 4) is 0 Å². The molecule has 3 aliphatic carbocycles. The van der Waals surface area contributed by atoms with Gasteiger partial charge in [0, 0.05) is 0 Å². The van der Waals surface area contributed by atoms with Gasteiger partial charge in [-0.3, -0.25) is 0 Å². The van der Waals surface area contributed by atoms with Gasteiger partial charge in [-0.1, -0.05) is 52.7 Å². The fourth-order valence-electron chi connectivity index (χ4n) is 6.12. The van der Waals surface area contributed by atoms with Crippen LogP contribution in [0.1, 0.15) is 79.6 Å². The second-order valence-corrected chi connectivity index (χ2v) is 9.40. The third kappa shape index (κ3) is 2.31. The Kier molecular flexibility index (Phi) is 3.60. The largest absolute Gasteiger partial charge is 0.386 e. The molecule has 0 aromatic rings. The van der Waals surface area contributed by atoms with E-state index in [9.17, 15) is 5.11 Å². The molecule has 2 unspecified atom stereocenters. The van der Waals surface area contributed by atoms with Crippen LogP contribution in [0.2, 0.25) is 0 Å². The first kappa shape index (κ1) is 15.6. The van der Waals surface area contributed by atoms with Crippen LogP contribution < -0.4 is 0 Å². The number of fused-ring (bicyclic) bond motifs is 3. The van der Waals surface area contributed by atoms with E-state index in [2.05, 4.69) is 40.7 Å². The fraction of sp³-hybridized carbons (Fsp3) is 0.900. The molecule has 0 saturated heterocycles. The molecule has 21 heavy (non-hydrogen) atoms. The van der Waals surface area contributed by atoms with Crippen molar-refractivity contribution in [1.82, 2.24) is 0 Å². The highest BCUT2D eigenvalue weighted by molar-refractivity contribution is 5.25. The maximum Gasteiger partial charge on any atom is 0.0853 e. The molecular weight excluding hydrogens is 256 g/mol. The summed E-state index contributed by atoms with van der Waals surface area (Å²) >= 11 is 0. The first-order chi connectivity index (χ1) is 9.69. The first-order valence-electron chi connectivity index (χ1n) is 9.13. The summed E-state index contributed by atoms with van der Waals surface area (Å²) in [5, 5.41) is 10.9. The summed E-state index contributed by atoms with van der Waals surface area (Å²) in [4.78, 5) is 0. The minimum absolute atomic E-state index is 0.333. The Bertz CT molecular complexity index is 447. The van der Waals surface area contributed by atoms with Crippen LogP contribution in [0.4, 0.5) is 0 Å². The molecule has 0 radical (unpaired) electrons. The first-order valence-corrected chi connectivity index (χ1v) is 9.13. The van der Waals surface area contributed by atoms with Gasteiger partial charge in [0.05, 0.1) is 5.60 Å². The van der Waals surface area contributed by atoms with Gasteiger partial charge in [0.25, 0.3) is 0 Å². The van der Waals surface area contributed by atoms with Crippen LogP contribution in [-0.4, -0.2) is 10.7 Å². The van der Waals surface area contributed by atoms with Crippen LogP contribution >= 0.6 is 0 Å². The molecule has 1 N–H and O–H groups in total. The zero-order valence-electron chi connectivity index (χ0n) is 14.7. The lowest BCUT2D eigenvalue weighted by molar-refractivity contribution is -0.0709. The Morgan fingerprint density at radius 3 is 2.48 bits per heavy atom. The van der Waals surface area contributed by atoms with E-state index in [4.69, 9.17) is 0 Å². The van der Waals surface area contributed by atoms with Gasteiger partial charge in [-0.15, -0.1) is 0 Å². The molecule has 0 spiro atoms. The van der Waals surface area contributed by atoms with E-state index in [0.717, 1.165) is 18.3 Å². The van der Waals surface area contributed by atoms with Crippen molar-refractivity contribution in [2.75, 3.05) is 0 Å². The summed E-state index contributed by atoms with van der Waals surface area (Å²) in [6, 6.07) is 0. The van der Waals surface area contributed by atoms with E-state index in [1.165, 1.54) is 38.5 Å². The highest BCUT2D eigenvalue weighted by Crippen LogP contribution is 2.63. The van der Waals surface area contributed by atoms with Crippen molar-refractivity contribution in [2.24, 2.45) is 28.6 Å². The maximum atomic E-state index is 10.9. The zero-order valence-corrected chi connectivity index (χ0v) is 14.7. The van der Waals surface area contributed by atoms with Crippen LogP contribution in [0.15, 0.2) is 11.6 Å². The summed E-state index contributed by atoms with van der Waals surface area (Å²) < 4.78 is 0. The van der Waals surface area contributed by atoms with Gasteiger partial charge < -0.3 is 5.11 Å². The highest BCUT2D eigenvalue weighted by Gasteiger charge is 2.54. The van der Waals surface area contributed by atoms with E-state index in [1.54, 1.807) is 5.57 Å². The minimum Gasteiger partial charge on any atom is -0.386 e. The molecular formula is C20H34O. The molecule has 0 aromatic heterocycles. The van der Waals surface area contributed by atoms with Crippen LogP contribution in [0.25, 0.3) is 0 Å². The fourth-order valence-corrected chi connectivity index (χ4v) is 6.12. The second kappa shape index (κ2) is 4.85. The van der Waals surface area contributed by atoms with E-state index in [-0.39, 0.29) is 0 Å². The van der Waals surface area contributed by atoms with Crippen molar-refractivity contribution in [3.63, 3.8) is 0 Å². The van der Waals surface area contributed by atoms with Gasteiger partial charge in [0.1, 0.15) is 0 Å². The van der Waals surface area contributed by atoms with E-state index < -0.39 is 5.60 Å². The zero-order chi connectivity index (χ0) is 15.5. The molecule has 0 aromatic carbocycles. The quantitative estimate of drug-likeness (QED) is 0.647. The summed E-state index contributed by atoms with van der Waals surface area (Å²) in [7, 11) is 0. The van der Waals surface area contributed by atoms with Gasteiger partial charge in [-0.05, 0) is 67.1 Å². The summed E-state index contributed by atoms with van der Waals surface area (Å²) in [5.74, 6) is 1.93. The molecule has 3 rings (SSSR count). The lowest BCUT2D eigenvalue weighted by Crippen LogP contribution is -2.52. The monoisotopic (exact) mass is 290 g/mol. The van der Waals surface area contributed by atoms with Crippen LogP contribution in [0, 0.1) is 28.6 Å². The molecule has 3 aliphatic rings. The smallest absolute Gasteiger partial charge is 0.0853 e. The van der Waals surface area contributed by atoms with E-state index >= 15 is 0 Å². The summed E-state index contributed by atoms with van der Waals surface area (Å²) in [5.41, 5.74) is 2.03. The molecule has 1 heteroatoms. The Labute approximate surface area is 131 Å². The van der Waals surface area contributed by atoms with Gasteiger partial charge in [-0.25, -0.2) is 0 Å². The number of hydrogen-bond donors (Lipinski definition) is 1. The van der Waals surface area contributed by atoms with Crippen molar-refractivity contribution < 1.29 is 5.11 Å². The van der Waals surface area contributed by atoms with Crippen LogP contribution in [-0.2, 0) is 0 Å². The lowest BCUT2D eigenvalue weighted by atomic mass is 9.46. The predicted octanol–water partition coefficient (Wildman–Crippen LogP) is 5.34. The number of allylic oxidation sites excluding steroid dienone is 1. The molecule has 0 heterocycles. The number of aliphatic hydroxyl groups is 1. The lowest BCUT2D eigenvalue weighted by Gasteiger charge is -2.59. The van der Waals surface area contributed by atoms with Crippen molar-refractivity contribution in [1.29, 1.82) is 0 Å². The molecule has 4 atom stereocenters. The Balaban J connectivity index is 1.95. The standard InChI is InChI=1S/C20H34O/c1-14(2)20(21)12-9-16-15(13-20)7-8-17-18(3,4)10-6-11-19(16,17)5/h13-14,16-17,21H,6-12H2,1-5H3/t16?,17-,19+,20?/m0/s1.